The molecule has 3 aliphatic rings. The molecule has 0 fully saturated rings. The molecule has 1 heteroatoms. The van der Waals surface area contributed by atoms with E-state index in [0.717, 1.165) is 0 Å². The highest BCUT2D eigenvalue weighted by atomic mass is 28.3. The molecule has 0 atom stereocenters. The maximum absolute atomic E-state index is 3.32. The fraction of sp³-hybridized carbons (Fsp3) is 0. The van der Waals surface area contributed by atoms with E-state index in [1.807, 2.05) is 36.5 Å². The zero-order chi connectivity index (χ0) is 10.8. The van der Waals surface area contributed by atoms with E-state index in [1.165, 1.54) is 15.6 Å². The van der Waals surface area contributed by atoms with Gasteiger partial charge in [0.15, 0.2) is 8.80 Å². The highest BCUT2D eigenvalue weighted by Crippen LogP contribution is 2.24. The third kappa shape index (κ3) is 1.51. The Kier molecular flexibility index (Phi) is 2.23. The molecule has 73 valence electrons. The summed E-state index contributed by atoms with van der Waals surface area (Å²) in [6.07, 6.45) is 18.5. The third-order valence-electron chi connectivity index (χ3n) is 2.60. The molecule has 0 aromatic rings. The fourth-order valence-corrected chi connectivity index (χ4v) is 4.23. The topological polar surface area (TPSA) is 0 Å². The van der Waals surface area contributed by atoms with E-state index in [4.69, 9.17) is 0 Å². The molecule has 3 rings (SSSR count). The standard InChI is InChI=1S/C15H9Si/c1-2-8-13(7-1)16(14-9-3-4-10-14)15-11-5-6-12-15/h1-7,9,11H. The number of rotatable bonds is 3. The van der Waals surface area contributed by atoms with Gasteiger partial charge in [-0.1, -0.05) is 36.5 Å². The molecular formula is C15H9Si. The summed E-state index contributed by atoms with van der Waals surface area (Å²) in [6, 6.07) is 0. The summed E-state index contributed by atoms with van der Waals surface area (Å²) in [7, 11) is -0.915. The second-order valence-corrected chi connectivity index (χ2v) is 5.99. The molecule has 0 saturated heterocycles. The van der Waals surface area contributed by atoms with E-state index in [1.54, 1.807) is 0 Å². The van der Waals surface area contributed by atoms with E-state index in [0.29, 0.717) is 0 Å². The fourth-order valence-electron chi connectivity index (χ4n) is 1.89. The third-order valence-corrected chi connectivity index (χ3v) is 5.15. The van der Waals surface area contributed by atoms with Crippen molar-refractivity contribution in [1.82, 2.24) is 0 Å². The van der Waals surface area contributed by atoms with Crippen LogP contribution in [0.5, 0.6) is 0 Å². The molecule has 0 unspecified atom stereocenters. The van der Waals surface area contributed by atoms with Crippen LogP contribution >= 0.6 is 0 Å². The van der Waals surface area contributed by atoms with Gasteiger partial charge in [-0.3, -0.25) is 0 Å². The molecule has 0 bridgehead atoms. The lowest BCUT2D eigenvalue weighted by atomic mass is 10.6. The Morgan fingerprint density at radius 3 is 1.25 bits per heavy atom. The summed E-state index contributed by atoms with van der Waals surface area (Å²) in [5.41, 5.74) is 9.96. The first-order chi connectivity index (χ1) is 7.95. The largest absolute Gasteiger partial charge is 0.184 e. The van der Waals surface area contributed by atoms with Crippen LogP contribution in [0.15, 0.2) is 87.5 Å². The minimum Gasteiger partial charge on any atom is -0.121 e. The van der Waals surface area contributed by atoms with E-state index >= 15 is 0 Å². The van der Waals surface area contributed by atoms with E-state index < -0.39 is 8.80 Å². The molecule has 16 heavy (non-hydrogen) atoms. The maximum Gasteiger partial charge on any atom is 0.184 e. The van der Waals surface area contributed by atoms with Gasteiger partial charge in [0.2, 0.25) is 0 Å². The monoisotopic (exact) mass is 217 g/mol. The summed E-state index contributed by atoms with van der Waals surface area (Å²) >= 11 is 0. The van der Waals surface area contributed by atoms with Crippen molar-refractivity contribution in [2.75, 3.05) is 0 Å². The smallest absolute Gasteiger partial charge is 0.121 e. The molecule has 0 aromatic heterocycles. The van der Waals surface area contributed by atoms with Gasteiger partial charge in [-0.05, 0) is 33.8 Å². The van der Waals surface area contributed by atoms with Crippen molar-refractivity contribution in [2.45, 2.75) is 0 Å². The van der Waals surface area contributed by atoms with Crippen LogP contribution in [0, 0.1) is 0 Å². The SMILES string of the molecule is C1=CC=CC=1[Si](C1=C=CC=C1)C1=C=CC=C1. The normalized spacial score (nSPS) is 18.9. The lowest BCUT2D eigenvalue weighted by molar-refractivity contribution is 1.78. The first-order valence-corrected chi connectivity index (χ1v) is 6.73. The van der Waals surface area contributed by atoms with Crippen molar-refractivity contribution in [1.29, 1.82) is 0 Å². The molecule has 0 heterocycles. The predicted molar refractivity (Wildman–Crippen MR) is 68.0 cm³/mol. The Labute approximate surface area is 96.6 Å². The minimum absolute atomic E-state index is 0.915. The van der Waals surface area contributed by atoms with Crippen LogP contribution in [0.1, 0.15) is 0 Å². The van der Waals surface area contributed by atoms with Crippen molar-refractivity contribution in [3.05, 3.63) is 87.5 Å². The van der Waals surface area contributed by atoms with Gasteiger partial charge >= 0.3 is 0 Å². The second-order valence-electron chi connectivity index (χ2n) is 3.63. The van der Waals surface area contributed by atoms with Crippen molar-refractivity contribution >= 4 is 8.80 Å². The highest BCUT2D eigenvalue weighted by Gasteiger charge is 2.24. The van der Waals surface area contributed by atoms with Crippen LogP contribution < -0.4 is 0 Å². The molecule has 0 aromatic carbocycles. The van der Waals surface area contributed by atoms with E-state index in [9.17, 15) is 0 Å². The summed E-state index contributed by atoms with van der Waals surface area (Å²) in [5.74, 6) is 0. The van der Waals surface area contributed by atoms with Crippen LogP contribution in [-0.2, 0) is 0 Å². The Hall–Kier alpha value is -2.00. The molecule has 0 saturated carbocycles. The van der Waals surface area contributed by atoms with E-state index in [-0.39, 0.29) is 0 Å². The van der Waals surface area contributed by atoms with Crippen LogP contribution in [0.3, 0.4) is 0 Å². The number of allylic oxidation sites excluding steroid dienone is 9. The quantitative estimate of drug-likeness (QED) is 0.503. The Bertz CT molecular complexity index is 526. The van der Waals surface area contributed by atoms with Crippen LogP contribution in [0.25, 0.3) is 0 Å². The molecule has 0 aliphatic heterocycles. The van der Waals surface area contributed by atoms with Gasteiger partial charge in [0.05, 0.1) is 0 Å². The molecular weight excluding hydrogens is 208 g/mol. The Morgan fingerprint density at radius 2 is 1.00 bits per heavy atom. The van der Waals surface area contributed by atoms with Crippen molar-refractivity contribution in [2.24, 2.45) is 0 Å². The Balaban J connectivity index is 2.09. The molecule has 0 N–H and O–H groups in total. The van der Waals surface area contributed by atoms with Gasteiger partial charge in [0.25, 0.3) is 0 Å². The highest BCUT2D eigenvalue weighted by molar-refractivity contribution is 6.82. The van der Waals surface area contributed by atoms with Gasteiger partial charge in [0.1, 0.15) is 0 Å². The summed E-state index contributed by atoms with van der Waals surface area (Å²) in [6.45, 7) is 0. The molecule has 3 aliphatic carbocycles. The second kappa shape index (κ2) is 3.87. The zero-order valence-electron chi connectivity index (χ0n) is 8.70. The average molecular weight is 217 g/mol. The van der Waals surface area contributed by atoms with Crippen LogP contribution in [-0.4, -0.2) is 8.80 Å². The van der Waals surface area contributed by atoms with E-state index in [2.05, 4.69) is 35.4 Å². The van der Waals surface area contributed by atoms with Crippen molar-refractivity contribution < 1.29 is 0 Å². The van der Waals surface area contributed by atoms with Crippen molar-refractivity contribution in [3.63, 3.8) is 0 Å². The first-order valence-electron chi connectivity index (χ1n) is 5.23. The van der Waals surface area contributed by atoms with Crippen LogP contribution in [0.2, 0.25) is 0 Å². The van der Waals surface area contributed by atoms with Gasteiger partial charge in [0, 0.05) is 0 Å². The molecule has 1 radical (unpaired) electrons. The Morgan fingerprint density at radius 1 is 0.625 bits per heavy atom. The van der Waals surface area contributed by atoms with Gasteiger partial charge in [-0.25, -0.2) is 0 Å². The maximum atomic E-state index is 3.32. The predicted octanol–water partition coefficient (Wildman–Crippen LogP) is 3.05. The average Bonchev–Trinajstić information content (AvgIpc) is 3.02. The van der Waals surface area contributed by atoms with Crippen LogP contribution in [0.4, 0.5) is 0 Å². The summed E-state index contributed by atoms with van der Waals surface area (Å²) < 4.78 is 0. The zero-order valence-corrected chi connectivity index (χ0v) is 9.70. The lowest BCUT2D eigenvalue weighted by Crippen LogP contribution is -2.19. The number of hydrogen-bond acceptors (Lipinski definition) is 0. The lowest BCUT2D eigenvalue weighted by Gasteiger charge is -2.11. The minimum atomic E-state index is -0.915. The molecule has 0 nitrogen and oxygen atoms in total. The summed E-state index contributed by atoms with van der Waals surface area (Å²) in [4.78, 5) is 0. The molecule has 0 amide bonds. The van der Waals surface area contributed by atoms with Crippen molar-refractivity contribution in [3.8, 4) is 0 Å². The van der Waals surface area contributed by atoms with Gasteiger partial charge in [-0.15, -0.1) is 17.2 Å². The first kappa shape index (κ1) is 9.24. The van der Waals surface area contributed by atoms with Gasteiger partial charge in [-0.2, -0.15) is 0 Å². The van der Waals surface area contributed by atoms with Gasteiger partial charge < -0.3 is 0 Å². The molecule has 0 spiro atoms. The summed E-state index contributed by atoms with van der Waals surface area (Å²) in [5, 5.41) is 3.86. The number of hydrogen-bond donors (Lipinski definition) is 0.